The highest BCUT2D eigenvalue weighted by atomic mass is 16.5. The Morgan fingerprint density at radius 3 is 2.35 bits per heavy atom. The number of hydrogen-bond donors (Lipinski definition) is 1. The lowest BCUT2D eigenvalue weighted by Crippen LogP contribution is -2.22. The molecule has 0 aromatic heterocycles. The number of hydrogen-bond acceptors (Lipinski definition) is 3. The van der Waals surface area contributed by atoms with E-state index in [2.05, 4.69) is 5.32 Å². The van der Waals surface area contributed by atoms with Gasteiger partial charge in [-0.2, -0.15) is 0 Å². The monoisotopic (exact) mass is 237 g/mol. The molecule has 0 aliphatic rings. The first-order valence-electron chi connectivity index (χ1n) is 5.90. The van der Waals surface area contributed by atoms with Gasteiger partial charge in [0.05, 0.1) is 13.2 Å². The fourth-order valence-corrected chi connectivity index (χ4v) is 1.45. The fraction of sp³-hybridized carbons (Fsp3) is 0.462. The van der Waals surface area contributed by atoms with Gasteiger partial charge in [-0.1, -0.05) is 0 Å². The van der Waals surface area contributed by atoms with Crippen LogP contribution in [-0.2, 0) is 0 Å². The van der Waals surface area contributed by atoms with E-state index in [1.807, 2.05) is 20.8 Å². The normalized spacial score (nSPS) is 9.82. The average Bonchev–Trinajstić information content (AvgIpc) is 2.32. The quantitative estimate of drug-likeness (QED) is 0.825. The minimum Gasteiger partial charge on any atom is -0.490 e. The molecule has 0 saturated heterocycles. The standard InChI is InChI=1S/C13H19NO3/c1-4-14-13(15)10-7-8-11(16-5-2)12(9-10)17-6-3/h7-9H,4-6H2,1-3H3,(H,14,15). The van der Waals surface area contributed by atoms with Crippen molar-refractivity contribution in [2.24, 2.45) is 0 Å². The third kappa shape index (κ3) is 3.66. The maximum atomic E-state index is 11.7. The smallest absolute Gasteiger partial charge is 0.251 e. The first kappa shape index (κ1) is 13.4. The summed E-state index contributed by atoms with van der Waals surface area (Å²) >= 11 is 0. The van der Waals surface area contributed by atoms with Crippen molar-refractivity contribution in [3.8, 4) is 11.5 Å². The van der Waals surface area contributed by atoms with Crippen molar-refractivity contribution in [2.45, 2.75) is 20.8 Å². The van der Waals surface area contributed by atoms with Crippen molar-refractivity contribution in [3.05, 3.63) is 23.8 Å². The number of amides is 1. The first-order valence-corrected chi connectivity index (χ1v) is 5.90. The summed E-state index contributed by atoms with van der Waals surface area (Å²) in [4.78, 5) is 11.7. The molecule has 0 heterocycles. The van der Waals surface area contributed by atoms with Crippen molar-refractivity contribution < 1.29 is 14.3 Å². The van der Waals surface area contributed by atoms with Crippen LogP contribution in [0.25, 0.3) is 0 Å². The lowest BCUT2D eigenvalue weighted by molar-refractivity contribution is 0.0955. The number of rotatable bonds is 6. The molecular weight excluding hydrogens is 218 g/mol. The second-order valence-corrected chi connectivity index (χ2v) is 3.39. The van der Waals surface area contributed by atoms with Gasteiger partial charge in [0, 0.05) is 12.1 Å². The van der Waals surface area contributed by atoms with Crippen molar-refractivity contribution in [1.29, 1.82) is 0 Å². The van der Waals surface area contributed by atoms with Crippen LogP contribution in [-0.4, -0.2) is 25.7 Å². The maximum Gasteiger partial charge on any atom is 0.251 e. The molecular formula is C13H19NO3. The molecule has 1 N–H and O–H groups in total. The minimum absolute atomic E-state index is 0.100. The molecule has 4 nitrogen and oxygen atoms in total. The van der Waals surface area contributed by atoms with Gasteiger partial charge in [0.1, 0.15) is 0 Å². The number of carbonyl (C=O) groups excluding carboxylic acids is 1. The second kappa shape index (κ2) is 6.78. The second-order valence-electron chi connectivity index (χ2n) is 3.39. The Balaban J connectivity index is 2.95. The van der Waals surface area contributed by atoms with Gasteiger partial charge in [0.15, 0.2) is 11.5 Å². The molecule has 0 saturated carbocycles. The van der Waals surface area contributed by atoms with Gasteiger partial charge < -0.3 is 14.8 Å². The number of carbonyl (C=O) groups is 1. The van der Waals surface area contributed by atoms with E-state index in [-0.39, 0.29) is 5.91 Å². The number of nitrogens with one attached hydrogen (secondary N) is 1. The summed E-state index contributed by atoms with van der Waals surface area (Å²) < 4.78 is 10.9. The number of benzene rings is 1. The van der Waals surface area contributed by atoms with Gasteiger partial charge in [-0.15, -0.1) is 0 Å². The lowest BCUT2D eigenvalue weighted by Gasteiger charge is -2.12. The van der Waals surface area contributed by atoms with E-state index in [9.17, 15) is 4.79 Å². The Morgan fingerprint density at radius 2 is 1.76 bits per heavy atom. The van der Waals surface area contributed by atoms with Crippen LogP contribution in [0.5, 0.6) is 11.5 Å². The van der Waals surface area contributed by atoms with Gasteiger partial charge in [0.2, 0.25) is 0 Å². The molecule has 1 amide bonds. The summed E-state index contributed by atoms with van der Waals surface area (Å²) in [6.45, 7) is 7.41. The van der Waals surface area contributed by atoms with Crippen LogP contribution in [0.15, 0.2) is 18.2 Å². The molecule has 0 aliphatic carbocycles. The fourth-order valence-electron chi connectivity index (χ4n) is 1.45. The van der Waals surface area contributed by atoms with Crippen molar-refractivity contribution in [1.82, 2.24) is 5.32 Å². The molecule has 17 heavy (non-hydrogen) atoms. The Hall–Kier alpha value is -1.71. The van der Waals surface area contributed by atoms with Crippen LogP contribution < -0.4 is 14.8 Å². The highest BCUT2D eigenvalue weighted by Gasteiger charge is 2.10. The van der Waals surface area contributed by atoms with E-state index in [0.29, 0.717) is 36.8 Å². The summed E-state index contributed by atoms with van der Waals surface area (Å²) in [6.07, 6.45) is 0. The average molecular weight is 237 g/mol. The summed E-state index contributed by atoms with van der Waals surface area (Å²) in [7, 11) is 0. The zero-order valence-corrected chi connectivity index (χ0v) is 10.6. The van der Waals surface area contributed by atoms with Crippen LogP contribution in [0.3, 0.4) is 0 Å². The largest absolute Gasteiger partial charge is 0.490 e. The molecule has 1 aromatic carbocycles. The van der Waals surface area contributed by atoms with Gasteiger partial charge in [-0.25, -0.2) is 0 Å². The van der Waals surface area contributed by atoms with Crippen LogP contribution in [0.4, 0.5) is 0 Å². The SMILES string of the molecule is CCNC(=O)c1ccc(OCC)c(OCC)c1. The topological polar surface area (TPSA) is 47.6 Å². The summed E-state index contributed by atoms with van der Waals surface area (Å²) in [5, 5.41) is 2.75. The third-order valence-corrected chi connectivity index (χ3v) is 2.14. The molecule has 4 heteroatoms. The van der Waals surface area contributed by atoms with E-state index in [0.717, 1.165) is 0 Å². The van der Waals surface area contributed by atoms with Gasteiger partial charge in [0.25, 0.3) is 5.91 Å². The van der Waals surface area contributed by atoms with Crippen LogP contribution in [0.1, 0.15) is 31.1 Å². The number of ether oxygens (including phenoxy) is 2. The van der Waals surface area contributed by atoms with E-state index >= 15 is 0 Å². The molecule has 1 rings (SSSR count). The van der Waals surface area contributed by atoms with Crippen molar-refractivity contribution in [3.63, 3.8) is 0 Å². The van der Waals surface area contributed by atoms with Crippen LogP contribution >= 0.6 is 0 Å². The van der Waals surface area contributed by atoms with Crippen molar-refractivity contribution >= 4 is 5.91 Å². The Labute approximate surface area is 102 Å². The van der Waals surface area contributed by atoms with Crippen LogP contribution in [0.2, 0.25) is 0 Å². The highest BCUT2D eigenvalue weighted by molar-refractivity contribution is 5.94. The summed E-state index contributed by atoms with van der Waals surface area (Å²) in [6, 6.07) is 5.21. The molecule has 0 atom stereocenters. The molecule has 0 fully saturated rings. The summed E-state index contributed by atoms with van der Waals surface area (Å²) in [5.41, 5.74) is 0.582. The molecule has 94 valence electrons. The minimum atomic E-state index is -0.100. The first-order chi connectivity index (χ1) is 8.22. The third-order valence-electron chi connectivity index (χ3n) is 2.14. The Kier molecular flexibility index (Phi) is 5.33. The van der Waals surface area contributed by atoms with Gasteiger partial charge in [-0.3, -0.25) is 4.79 Å². The van der Waals surface area contributed by atoms with Crippen molar-refractivity contribution in [2.75, 3.05) is 19.8 Å². The van der Waals surface area contributed by atoms with E-state index < -0.39 is 0 Å². The van der Waals surface area contributed by atoms with E-state index in [4.69, 9.17) is 9.47 Å². The van der Waals surface area contributed by atoms with Crippen LogP contribution in [0, 0.1) is 0 Å². The molecule has 0 unspecified atom stereocenters. The predicted octanol–water partition coefficient (Wildman–Crippen LogP) is 2.23. The predicted molar refractivity (Wildman–Crippen MR) is 66.8 cm³/mol. The molecule has 0 aliphatic heterocycles. The molecule has 0 bridgehead atoms. The Morgan fingerprint density at radius 1 is 1.12 bits per heavy atom. The molecule has 0 radical (unpaired) electrons. The zero-order valence-electron chi connectivity index (χ0n) is 10.6. The maximum absolute atomic E-state index is 11.7. The lowest BCUT2D eigenvalue weighted by atomic mass is 10.2. The highest BCUT2D eigenvalue weighted by Crippen LogP contribution is 2.28. The van der Waals surface area contributed by atoms with E-state index in [1.54, 1.807) is 18.2 Å². The zero-order chi connectivity index (χ0) is 12.7. The Bertz CT molecular complexity index is 377. The van der Waals surface area contributed by atoms with Gasteiger partial charge >= 0.3 is 0 Å². The molecule has 1 aromatic rings. The van der Waals surface area contributed by atoms with E-state index in [1.165, 1.54) is 0 Å². The van der Waals surface area contributed by atoms with Gasteiger partial charge in [-0.05, 0) is 39.0 Å². The summed E-state index contributed by atoms with van der Waals surface area (Å²) in [5.74, 6) is 1.18. The molecule has 0 spiro atoms.